The quantitative estimate of drug-likeness (QED) is 0.849. The van der Waals surface area contributed by atoms with Crippen LogP contribution in [0.4, 0.5) is 4.39 Å². The third-order valence-corrected chi connectivity index (χ3v) is 4.46. The summed E-state index contributed by atoms with van der Waals surface area (Å²) in [6.45, 7) is 8.25. The van der Waals surface area contributed by atoms with Gasteiger partial charge in [-0.05, 0) is 25.0 Å². The topological polar surface area (TPSA) is 41.6 Å². The van der Waals surface area contributed by atoms with E-state index in [4.69, 9.17) is 16.3 Å². The highest BCUT2D eigenvalue weighted by Crippen LogP contribution is 2.31. The van der Waals surface area contributed by atoms with E-state index >= 15 is 0 Å². The molecular weight excluding hydrogens is 331 g/mol. The van der Waals surface area contributed by atoms with Gasteiger partial charge in [-0.1, -0.05) is 31.5 Å². The molecule has 2 atom stereocenters. The molecule has 0 saturated carbocycles. The van der Waals surface area contributed by atoms with Crippen LogP contribution in [-0.4, -0.2) is 43.2 Å². The van der Waals surface area contributed by atoms with E-state index in [-0.39, 0.29) is 29.8 Å². The molecule has 0 spiro atoms. The number of nitrogens with one attached hydrogen (secondary N) is 1. The number of halogens is 2. The average molecular weight is 357 g/mol. The molecule has 0 aromatic heterocycles. The Balaban J connectivity index is 2.19. The van der Waals surface area contributed by atoms with Gasteiger partial charge < -0.3 is 10.1 Å². The van der Waals surface area contributed by atoms with E-state index in [2.05, 4.69) is 10.2 Å². The van der Waals surface area contributed by atoms with Crippen LogP contribution in [-0.2, 0) is 9.53 Å². The molecule has 0 bridgehead atoms. The first-order valence-corrected chi connectivity index (χ1v) is 8.82. The second-order valence-corrected chi connectivity index (χ2v) is 7.14. The van der Waals surface area contributed by atoms with Crippen LogP contribution in [0.15, 0.2) is 18.2 Å². The van der Waals surface area contributed by atoms with Crippen LogP contribution < -0.4 is 5.32 Å². The first kappa shape index (κ1) is 19.2. The molecule has 0 unspecified atom stereocenters. The van der Waals surface area contributed by atoms with E-state index in [9.17, 15) is 9.18 Å². The largest absolute Gasteiger partial charge is 0.376 e. The van der Waals surface area contributed by atoms with Gasteiger partial charge in [-0.25, -0.2) is 4.39 Å². The fourth-order valence-electron chi connectivity index (χ4n) is 3.02. The maximum Gasteiger partial charge on any atom is 0.220 e. The minimum Gasteiger partial charge on any atom is -0.376 e. The van der Waals surface area contributed by atoms with E-state index in [1.54, 1.807) is 12.1 Å². The van der Waals surface area contributed by atoms with Gasteiger partial charge >= 0.3 is 0 Å². The fraction of sp³-hybridized carbons (Fsp3) is 0.611. The van der Waals surface area contributed by atoms with Crippen LogP contribution in [0.1, 0.15) is 38.8 Å². The molecule has 1 saturated heterocycles. The van der Waals surface area contributed by atoms with Gasteiger partial charge in [0.1, 0.15) is 5.82 Å². The highest BCUT2D eigenvalue weighted by atomic mass is 35.5. The standard InChI is InChI=1S/C18H26ClFN2O2/c1-12(2)9-17(23)21-10-16(22-7-8-24-13(3)11-22)18-14(19)5-4-6-15(18)20/h4-6,12-13,16H,7-11H2,1-3H3,(H,21,23)/t13-,16-/m0/s1. The van der Waals surface area contributed by atoms with Gasteiger partial charge in [-0.2, -0.15) is 0 Å². The average Bonchev–Trinajstić information content (AvgIpc) is 2.49. The number of rotatable bonds is 6. The lowest BCUT2D eigenvalue weighted by Crippen LogP contribution is -2.47. The lowest BCUT2D eigenvalue weighted by atomic mass is 10.0. The lowest BCUT2D eigenvalue weighted by Gasteiger charge is -2.38. The van der Waals surface area contributed by atoms with Gasteiger partial charge in [0.15, 0.2) is 0 Å². The van der Waals surface area contributed by atoms with Gasteiger partial charge in [0, 0.05) is 36.6 Å². The lowest BCUT2D eigenvalue weighted by molar-refractivity contribution is -0.122. The predicted octanol–water partition coefficient (Wildman–Crippen LogP) is 3.40. The molecule has 4 nitrogen and oxygen atoms in total. The Hall–Kier alpha value is -1.17. The van der Waals surface area contributed by atoms with Gasteiger partial charge in [-0.15, -0.1) is 0 Å². The molecular formula is C18H26ClFN2O2. The summed E-state index contributed by atoms with van der Waals surface area (Å²) in [4.78, 5) is 14.2. The molecule has 1 heterocycles. The van der Waals surface area contributed by atoms with Crippen molar-refractivity contribution in [2.24, 2.45) is 5.92 Å². The third kappa shape index (κ3) is 5.16. The number of carbonyl (C=O) groups excluding carboxylic acids is 1. The van der Waals surface area contributed by atoms with Crippen LogP contribution >= 0.6 is 11.6 Å². The molecule has 0 radical (unpaired) electrons. The molecule has 24 heavy (non-hydrogen) atoms. The van der Waals surface area contributed by atoms with Crippen molar-refractivity contribution in [3.05, 3.63) is 34.6 Å². The van der Waals surface area contributed by atoms with E-state index in [0.717, 1.165) is 0 Å². The summed E-state index contributed by atoms with van der Waals surface area (Å²) in [5.74, 6) is -0.0857. The summed E-state index contributed by atoms with van der Waals surface area (Å²) in [6, 6.07) is 4.39. The Labute approximate surface area is 148 Å². The van der Waals surface area contributed by atoms with Crippen molar-refractivity contribution in [1.82, 2.24) is 10.2 Å². The predicted molar refractivity (Wildman–Crippen MR) is 93.6 cm³/mol. The van der Waals surface area contributed by atoms with Crippen LogP contribution in [0.3, 0.4) is 0 Å². The normalized spacial score (nSPS) is 20.2. The Morgan fingerprint density at radius 2 is 2.25 bits per heavy atom. The zero-order valence-electron chi connectivity index (χ0n) is 14.5. The smallest absolute Gasteiger partial charge is 0.220 e. The summed E-state index contributed by atoms with van der Waals surface area (Å²) in [5, 5.41) is 3.32. The van der Waals surface area contributed by atoms with E-state index in [1.165, 1.54) is 6.07 Å². The third-order valence-electron chi connectivity index (χ3n) is 4.13. The first-order chi connectivity index (χ1) is 11.4. The summed E-state index contributed by atoms with van der Waals surface area (Å²) >= 11 is 6.27. The van der Waals surface area contributed by atoms with Crippen LogP contribution in [0.25, 0.3) is 0 Å². The maximum atomic E-state index is 14.4. The molecule has 1 aromatic carbocycles. The van der Waals surface area contributed by atoms with Crippen molar-refractivity contribution in [1.29, 1.82) is 0 Å². The van der Waals surface area contributed by atoms with Crippen molar-refractivity contribution >= 4 is 17.5 Å². The molecule has 1 fully saturated rings. The molecule has 1 aromatic rings. The molecule has 1 amide bonds. The number of ether oxygens (including phenoxy) is 1. The number of benzene rings is 1. The summed E-state index contributed by atoms with van der Waals surface area (Å²) < 4.78 is 20.0. The zero-order chi connectivity index (χ0) is 17.7. The molecule has 6 heteroatoms. The fourth-order valence-corrected chi connectivity index (χ4v) is 3.31. The summed E-state index contributed by atoms with van der Waals surface area (Å²) in [5.41, 5.74) is 0.443. The molecule has 1 aliphatic rings. The molecule has 1 aliphatic heterocycles. The van der Waals surface area contributed by atoms with E-state index < -0.39 is 0 Å². The Morgan fingerprint density at radius 1 is 1.50 bits per heavy atom. The van der Waals surface area contributed by atoms with Crippen molar-refractivity contribution in [2.75, 3.05) is 26.2 Å². The van der Waals surface area contributed by atoms with E-state index in [1.807, 2.05) is 20.8 Å². The van der Waals surface area contributed by atoms with E-state index in [0.29, 0.717) is 43.2 Å². The number of nitrogens with zero attached hydrogens (tertiary/aromatic N) is 1. The van der Waals surface area contributed by atoms with Crippen LogP contribution in [0.5, 0.6) is 0 Å². The number of morpholine rings is 1. The zero-order valence-corrected chi connectivity index (χ0v) is 15.3. The van der Waals surface area contributed by atoms with Crippen molar-refractivity contribution in [3.63, 3.8) is 0 Å². The van der Waals surface area contributed by atoms with Crippen molar-refractivity contribution in [3.8, 4) is 0 Å². The van der Waals surface area contributed by atoms with Gasteiger partial charge in [-0.3, -0.25) is 9.69 Å². The Morgan fingerprint density at radius 3 is 2.88 bits per heavy atom. The van der Waals surface area contributed by atoms with Gasteiger partial charge in [0.25, 0.3) is 0 Å². The summed E-state index contributed by atoms with van der Waals surface area (Å²) in [6.07, 6.45) is 0.523. The second kappa shape index (κ2) is 8.79. The molecule has 134 valence electrons. The van der Waals surface area contributed by atoms with Gasteiger partial charge in [0.05, 0.1) is 18.8 Å². The molecule has 0 aliphatic carbocycles. The number of hydrogen-bond donors (Lipinski definition) is 1. The summed E-state index contributed by atoms with van der Waals surface area (Å²) in [7, 11) is 0. The SMILES string of the molecule is CC(C)CC(=O)NC[C@@H](c1c(F)cccc1Cl)N1CCO[C@@H](C)C1. The second-order valence-electron chi connectivity index (χ2n) is 6.73. The Kier molecular flexibility index (Phi) is 7.02. The highest BCUT2D eigenvalue weighted by molar-refractivity contribution is 6.31. The van der Waals surface area contributed by atoms with Gasteiger partial charge in [0.2, 0.25) is 5.91 Å². The maximum absolute atomic E-state index is 14.4. The molecule has 1 N–H and O–H groups in total. The minimum atomic E-state index is -0.343. The van der Waals surface area contributed by atoms with Crippen molar-refractivity contribution in [2.45, 2.75) is 39.3 Å². The first-order valence-electron chi connectivity index (χ1n) is 8.44. The number of amides is 1. The van der Waals surface area contributed by atoms with Crippen LogP contribution in [0.2, 0.25) is 5.02 Å². The molecule has 2 rings (SSSR count). The Bertz CT molecular complexity index is 548. The van der Waals surface area contributed by atoms with Crippen LogP contribution in [0, 0.1) is 11.7 Å². The number of hydrogen-bond acceptors (Lipinski definition) is 3. The number of carbonyl (C=O) groups is 1. The highest BCUT2D eigenvalue weighted by Gasteiger charge is 2.29. The monoisotopic (exact) mass is 356 g/mol. The van der Waals surface area contributed by atoms with Crippen molar-refractivity contribution < 1.29 is 13.9 Å². The minimum absolute atomic E-state index is 0.0243.